The maximum Gasteiger partial charge on any atom is 0.522 e. The first-order valence-electron chi connectivity index (χ1n) is 5.20. The van der Waals surface area contributed by atoms with Crippen molar-refractivity contribution in [1.29, 1.82) is 0 Å². The Morgan fingerprint density at radius 3 is 1.65 bits per heavy atom. The zero-order chi connectivity index (χ0) is 16.2. The van der Waals surface area contributed by atoms with E-state index in [-0.39, 0.29) is 0 Å². The highest BCUT2D eigenvalue weighted by Crippen LogP contribution is 2.20. The fraction of sp³-hybridized carbons (Fsp3) is 0.364. The number of carbonyl (C=O) groups excluding carboxylic acids is 1. The van der Waals surface area contributed by atoms with E-state index in [1.807, 2.05) is 24.3 Å². The van der Waals surface area contributed by atoms with Gasteiger partial charge in [0.05, 0.1) is 21.1 Å². The van der Waals surface area contributed by atoms with Gasteiger partial charge >= 0.3 is 15.6 Å². The molecule has 1 aromatic carbocycles. The molecule has 0 saturated carbocycles. The Labute approximate surface area is 115 Å². The van der Waals surface area contributed by atoms with Crippen molar-refractivity contribution in [2.75, 3.05) is 21.1 Å². The number of hydrogen-bond donors (Lipinski definition) is 1. The SMILES string of the molecule is C[N+](C)(C)c1ccc(C=O)cc1.O=S(=O)(O)C(F)(F)F. The van der Waals surface area contributed by atoms with Gasteiger partial charge in [-0.15, -0.1) is 0 Å². The molecular formula is C11H15F3NO4S+. The summed E-state index contributed by atoms with van der Waals surface area (Å²) in [5.74, 6) is 0. The fourth-order valence-electron chi connectivity index (χ4n) is 1.00. The number of rotatable bonds is 2. The zero-order valence-electron chi connectivity index (χ0n) is 11.0. The fourth-order valence-corrected chi connectivity index (χ4v) is 1.00. The Bertz CT molecular complexity index is 545. The molecule has 0 amide bonds. The van der Waals surface area contributed by atoms with Crippen LogP contribution in [0.5, 0.6) is 0 Å². The van der Waals surface area contributed by atoms with Gasteiger partial charge in [0, 0.05) is 5.56 Å². The minimum atomic E-state index is -5.84. The first-order chi connectivity index (χ1) is 8.79. The average Bonchev–Trinajstić information content (AvgIpc) is 2.26. The second kappa shape index (κ2) is 6.33. The van der Waals surface area contributed by atoms with Crippen molar-refractivity contribution in [3.63, 3.8) is 0 Å². The molecule has 1 aromatic rings. The largest absolute Gasteiger partial charge is 0.522 e. The molecule has 20 heavy (non-hydrogen) atoms. The van der Waals surface area contributed by atoms with E-state index in [1.165, 1.54) is 5.69 Å². The third kappa shape index (κ3) is 6.13. The van der Waals surface area contributed by atoms with Gasteiger partial charge in [-0.2, -0.15) is 21.6 Å². The number of benzene rings is 1. The van der Waals surface area contributed by atoms with Crippen LogP contribution in [0.1, 0.15) is 10.4 Å². The Morgan fingerprint density at radius 2 is 1.45 bits per heavy atom. The molecule has 0 aliphatic carbocycles. The average molecular weight is 314 g/mol. The van der Waals surface area contributed by atoms with E-state index in [2.05, 4.69) is 21.1 Å². The lowest BCUT2D eigenvalue weighted by atomic mass is 10.2. The van der Waals surface area contributed by atoms with E-state index in [0.29, 0.717) is 0 Å². The van der Waals surface area contributed by atoms with Crippen molar-refractivity contribution in [3.8, 4) is 0 Å². The van der Waals surface area contributed by atoms with Crippen LogP contribution in [0, 0.1) is 0 Å². The Morgan fingerprint density at radius 1 is 1.10 bits per heavy atom. The number of halogens is 3. The summed E-state index contributed by atoms with van der Waals surface area (Å²) in [6, 6.07) is 7.63. The van der Waals surface area contributed by atoms with Crippen LogP contribution >= 0.6 is 0 Å². The highest BCUT2D eigenvalue weighted by molar-refractivity contribution is 7.86. The van der Waals surface area contributed by atoms with Crippen molar-refractivity contribution < 1.29 is 30.9 Å². The maximum absolute atomic E-state index is 10.7. The van der Waals surface area contributed by atoms with Crippen molar-refractivity contribution >= 4 is 22.1 Å². The first-order valence-corrected chi connectivity index (χ1v) is 6.64. The Hall–Kier alpha value is -1.45. The lowest BCUT2D eigenvalue weighted by Gasteiger charge is -2.23. The molecule has 0 radical (unpaired) electrons. The molecule has 0 aliphatic rings. The smallest absolute Gasteiger partial charge is 0.298 e. The van der Waals surface area contributed by atoms with E-state index >= 15 is 0 Å². The molecule has 0 aromatic heterocycles. The maximum atomic E-state index is 10.7. The van der Waals surface area contributed by atoms with E-state index in [9.17, 15) is 18.0 Å². The quantitative estimate of drug-likeness (QED) is 0.393. The molecule has 0 aliphatic heterocycles. The summed E-state index contributed by atoms with van der Waals surface area (Å²) in [5.41, 5.74) is -3.61. The standard InChI is InChI=1S/C10H14NO.CHF3O3S/c1-11(2,3)10-6-4-9(8-12)5-7-10;2-1(3,4)8(5,6)7/h4-8H,1-3H3;(H,5,6,7)/q+1;. The van der Waals surface area contributed by atoms with Crippen LogP contribution in [-0.4, -0.2) is 45.9 Å². The number of nitrogens with zero attached hydrogens (tertiary/aromatic N) is 1. The van der Waals surface area contributed by atoms with Crippen LogP contribution < -0.4 is 4.48 Å². The van der Waals surface area contributed by atoms with Crippen LogP contribution in [0.3, 0.4) is 0 Å². The van der Waals surface area contributed by atoms with Gasteiger partial charge in [-0.3, -0.25) is 13.8 Å². The third-order valence-electron chi connectivity index (χ3n) is 2.10. The molecule has 0 heterocycles. The molecule has 9 heteroatoms. The number of alkyl halides is 3. The van der Waals surface area contributed by atoms with Gasteiger partial charge in [-0.1, -0.05) is 0 Å². The molecule has 1 rings (SSSR count). The molecule has 0 saturated heterocycles. The molecule has 1 N–H and O–H groups in total. The van der Waals surface area contributed by atoms with Crippen LogP contribution in [0.15, 0.2) is 24.3 Å². The second-order valence-electron chi connectivity index (χ2n) is 4.64. The summed E-state index contributed by atoms with van der Waals surface area (Å²) in [5, 5.41) is 0. The van der Waals surface area contributed by atoms with Gasteiger partial charge in [-0.25, -0.2) is 0 Å². The highest BCUT2D eigenvalue weighted by Gasteiger charge is 2.44. The van der Waals surface area contributed by atoms with E-state index in [0.717, 1.165) is 16.3 Å². The van der Waals surface area contributed by atoms with Gasteiger partial charge in [-0.05, 0) is 24.3 Å². The minimum Gasteiger partial charge on any atom is -0.298 e. The van der Waals surface area contributed by atoms with Gasteiger partial charge < -0.3 is 0 Å². The minimum absolute atomic E-state index is 0.729. The van der Waals surface area contributed by atoms with Gasteiger partial charge in [0.15, 0.2) is 0 Å². The summed E-state index contributed by atoms with van der Waals surface area (Å²) in [6.45, 7) is 0. The van der Waals surface area contributed by atoms with Crippen molar-refractivity contribution in [2.45, 2.75) is 5.51 Å². The lowest BCUT2D eigenvalue weighted by Crippen LogP contribution is -2.34. The van der Waals surface area contributed by atoms with E-state index in [4.69, 9.17) is 13.0 Å². The molecular weight excluding hydrogens is 299 g/mol. The summed E-state index contributed by atoms with van der Waals surface area (Å²) in [4.78, 5) is 10.4. The summed E-state index contributed by atoms with van der Waals surface area (Å²) in [7, 11) is 0.439. The van der Waals surface area contributed by atoms with Gasteiger partial charge in [0.1, 0.15) is 12.0 Å². The van der Waals surface area contributed by atoms with E-state index < -0.39 is 15.6 Å². The summed E-state index contributed by atoms with van der Waals surface area (Å²) in [6.07, 6.45) is 0.861. The molecule has 114 valence electrons. The number of carbonyl (C=O) groups is 1. The van der Waals surface area contributed by atoms with Gasteiger partial charge in [0.25, 0.3) is 0 Å². The highest BCUT2D eigenvalue weighted by atomic mass is 32.2. The van der Waals surface area contributed by atoms with Gasteiger partial charge in [0.2, 0.25) is 0 Å². The summed E-state index contributed by atoms with van der Waals surface area (Å²) < 4.78 is 58.3. The molecule has 0 atom stereocenters. The Balaban J connectivity index is 0.000000396. The topological polar surface area (TPSA) is 71.4 Å². The third-order valence-corrected chi connectivity index (χ3v) is 2.68. The molecule has 0 fully saturated rings. The van der Waals surface area contributed by atoms with Crippen molar-refractivity contribution in [2.24, 2.45) is 0 Å². The van der Waals surface area contributed by atoms with Crippen LogP contribution in [-0.2, 0) is 10.1 Å². The number of quaternary nitrogens is 1. The van der Waals surface area contributed by atoms with Crippen LogP contribution in [0.4, 0.5) is 18.9 Å². The van der Waals surface area contributed by atoms with Crippen LogP contribution in [0.25, 0.3) is 0 Å². The molecule has 0 spiro atoms. The van der Waals surface area contributed by atoms with Crippen LogP contribution in [0.2, 0.25) is 0 Å². The predicted octanol–water partition coefficient (Wildman–Crippen LogP) is 2.09. The summed E-state index contributed by atoms with van der Waals surface area (Å²) >= 11 is 0. The Kier molecular flexibility index (Phi) is 5.87. The zero-order valence-corrected chi connectivity index (χ0v) is 11.9. The first kappa shape index (κ1) is 18.6. The lowest BCUT2D eigenvalue weighted by molar-refractivity contribution is -0.0510. The number of hydrogen-bond acceptors (Lipinski definition) is 3. The van der Waals surface area contributed by atoms with E-state index in [1.54, 1.807) is 0 Å². The van der Waals surface area contributed by atoms with Crippen molar-refractivity contribution in [1.82, 2.24) is 4.48 Å². The monoisotopic (exact) mass is 314 g/mol. The molecule has 0 unspecified atom stereocenters. The molecule has 5 nitrogen and oxygen atoms in total. The second-order valence-corrected chi connectivity index (χ2v) is 6.06. The predicted molar refractivity (Wildman–Crippen MR) is 69.0 cm³/mol. The molecule has 0 bridgehead atoms. The number of aldehydes is 1. The van der Waals surface area contributed by atoms with Crippen molar-refractivity contribution in [3.05, 3.63) is 29.8 Å². The normalized spacial score (nSPS) is 12.3.